The fraction of sp³-hybridized carbons (Fsp3) is 0.286. The van der Waals surface area contributed by atoms with Crippen molar-refractivity contribution in [3.63, 3.8) is 0 Å². The fourth-order valence-electron chi connectivity index (χ4n) is 2.86. The highest BCUT2D eigenvalue weighted by Gasteiger charge is 2.22. The predicted molar refractivity (Wildman–Crippen MR) is 99.7 cm³/mol. The number of nitrogens with zero attached hydrogens (tertiary/aromatic N) is 1. The van der Waals surface area contributed by atoms with Crippen LogP contribution in [0.25, 0.3) is 11.1 Å². The van der Waals surface area contributed by atoms with E-state index in [0.29, 0.717) is 12.3 Å². The van der Waals surface area contributed by atoms with E-state index in [-0.39, 0.29) is 23.9 Å². The van der Waals surface area contributed by atoms with Crippen LogP contribution in [-0.2, 0) is 4.79 Å². The van der Waals surface area contributed by atoms with Gasteiger partial charge >= 0.3 is 5.97 Å². The Morgan fingerprint density at radius 1 is 1.12 bits per heavy atom. The van der Waals surface area contributed by atoms with Gasteiger partial charge in [-0.25, -0.2) is 4.79 Å². The van der Waals surface area contributed by atoms with Gasteiger partial charge in [0.05, 0.1) is 17.6 Å². The van der Waals surface area contributed by atoms with Gasteiger partial charge in [0.15, 0.2) is 0 Å². The van der Waals surface area contributed by atoms with Crippen molar-refractivity contribution < 1.29 is 14.7 Å². The number of carboxylic acid groups (broad SMARTS) is 1. The van der Waals surface area contributed by atoms with Crippen LogP contribution in [0.4, 0.5) is 0 Å². The Hall–Kier alpha value is -3.13. The molecule has 0 aliphatic rings. The normalized spacial score (nSPS) is 11.6. The number of amides is 1. The molecule has 0 aliphatic heterocycles. The number of carbonyl (C=O) groups is 2. The summed E-state index contributed by atoms with van der Waals surface area (Å²) in [5.41, 5.74) is 2.92. The molecular weight excluding hydrogens is 328 g/mol. The standard InChI is InChI=1S/C21H22N2O3/c1-14(2)12-19(20(24)23-11-10-22)18-5-3-4-17(13-18)15-6-8-16(9-7-15)21(25)26/h3-9,13-14,19H,11-12H2,1-2H3,(H,23,24)(H,25,26). The summed E-state index contributed by atoms with van der Waals surface area (Å²) in [7, 11) is 0. The van der Waals surface area contributed by atoms with Crippen LogP contribution in [0.1, 0.15) is 42.1 Å². The van der Waals surface area contributed by atoms with Crippen molar-refractivity contribution in [2.24, 2.45) is 5.92 Å². The van der Waals surface area contributed by atoms with Crippen LogP contribution < -0.4 is 5.32 Å². The van der Waals surface area contributed by atoms with E-state index in [4.69, 9.17) is 10.4 Å². The lowest BCUT2D eigenvalue weighted by molar-refractivity contribution is -0.122. The van der Waals surface area contributed by atoms with Crippen molar-refractivity contribution in [1.82, 2.24) is 5.32 Å². The van der Waals surface area contributed by atoms with Gasteiger partial charge in [0.2, 0.25) is 5.91 Å². The molecule has 0 radical (unpaired) electrons. The highest BCUT2D eigenvalue weighted by Crippen LogP contribution is 2.28. The first kappa shape index (κ1) is 19.2. The van der Waals surface area contributed by atoms with Crippen LogP contribution in [0, 0.1) is 17.2 Å². The van der Waals surface area contributed by atoms with Gasteiger partial charge in [-0.15, -0.1) is 0 Å². The zero-order valence-electron chi connectivity index (χ0n) is 14.9. The number of nitrogens with one attached hydrogen (secondary N) is 1. The molecule has 0 aliphatic carbocycles. The average molecular weight is 350 g/mol. The fourth-order valence-corrected chi connectivity index (χ4v) is 2.86. The summed E-state index contributed by atoms with van der Waals surface area (Å²) in [5.74, 6) is -1.12. The number of rotatable bonds is 7. The number of carboxylic acids is 1. The molecule has 0 saturated heterocycles. The lowest BCUT2D eigenvalue weighted by Gasteiger charge is -2.19. The molecule has 0 aromatic heterocycles. The molecule has 2 aromatic carbocycles. The van der Waals surface area contributed by atoms with E-state index in [1.54, 1.807) is 24.3 Å². The largest absolute Gasteiger partial charge is 0.478 e. The van der Waals surface area contributed by atoms with E-state index in [9.17, 15) is 9.59 Å². The SMILES string of the molecule is CC(C)CC(C(=O)NCC#N)c1cccc(-c2ccc(C(=O)O)cc2)c1. The van der Waals surface area contributed by atoms with Crippen molar-refractivity contribution in [2.45, 2.75) is 26.2 Å². The average Bonchev–Trinajstić information content (AvgIpc) is 2.64. The van der Waals surface area contributed by atoms with Gasteiger partial charge in [-0.2, -0.15) is 5.26 Å². The maximum Gasteiger partial charge on any atom is 0.335 e. The van der Waals surface area contributed by atoms with Crippen molar-refractivity contribution in [3.05, 3.63) is 59.7 Å². The first-order chi connectivity index (χ1) is 12.4. The zero-order valence-corrected chi connectivity index (χ0v) is 14.9. The lowest BCUT2D eigenvalue weighted by atomic mass is 9.88. The molecule has 5 heteroatoms. The first-order valence-electron chi connectivity index (χ1n) is 8.50. The Morgan fingerprint density at radius 3 is 2.38 bits per heavy atom. The van der Waals surface area contributed by atoms with Crippen molar-refractivity contribution in [1.29, 1.82) is 5.26 Å². The smallest absolute Gasteiger partial charge is 0.335 e. The highest BCUT2D eigenvalue weighted by atomic mass is 16.4. The maximum absolute atomic E-state index is 12.5. The summed E-state index contributed by atoms with van der Waals surface area (Å²) in [6.45, 7) is 4.10. The van der Waals surface area contributed by atoms with Crippen LogP contribution >= 0.6 is 0 Å². The third-order valence-corrected chi connectivity index (χ3v) is 4.12. The molecule has 0 heterocycles. The highest BCUT2D eigenvalue weighted by molar-refractivity contribution is 5.88. The van der Waals surface area contributed by atoms with Gasteiger partial charge < -0.3 is 10.4 Å². The lowest BCUT2D eigenvalue weighted by Crippen LogP contribution is -2.30. The van der Waals surface area contributed by atoms with Crippen LogP contribution in [0.15, 0.2) is 48.5 Å². The van der Waals surface area contributed by atoms with Crippen LogP contribution in [0.3, 0.4) is 0 Å². The number of hydrogen-bond acceptors (Lipinski definition) is 3. The first-order valence-corrected chi connectivity index (χ1v) is 8.50. The molecule has 134 valence electrons. The van der Waals surface area contributed by atoms with Crippen molar-refractivity contribution in [2.75, 3.05) is 6.54 Å². The zero-order chi connectivity index (χ0) is 19.1. The molecule has 0 spiro atoms. The van der Waals surface area contributed by atoms with Gasteiger partial charge in [0.25, 0.3) is 0 Å². The number of carbonyl (C=O) groups excluding carboxylic acids is 1. The van der Waals surface area contributed by atoms with E-state index in [0.717, 1.165) is 16.7 Å². The minimum atomic E-state index is -0.962. The van der Waals surface area contributed by atoms with E-state index in [1.807, 2.05) is 30.3 Å². The quantitative estimate of drug-likeness (QED) is 0.743. The van der Waals surface area contributed by atoms with Gasteiger partial charge in [-0.3, -0.25) is 4.79 Å². The summed E-state index contributed by atoms with van der Waals surface area (Å²) in [6, 6.07) is 16.3. The Kier molecular flexibility index (Phi) is 6.51. The molecule has 1 atom stereocenters. The Balaban J connectivity index is 2.33. The summed E-state index contributed by atoms with van der Waals surface area (Å²) in [6.07, 6.45) is 0.679. The van der Waals surface area contributed by atoms with E-state index in [1.165, 1.54) is 0 Å². The van der Waals surface area contributed by atoms with Gasteiger partial charge in [0.1, 0.15) is 6.54 Å². The Morgan fingerprint density at radius 2 is 1.81 bits per heavy atom. The van der Waals surface area contributed by atoms with Crippen molar-refractivity contribution >= 4 is 11.9 Å². The summed E-state index contributed by atoms with van der Waals surface area (Å²) in [5, 5.41) is 20.4. The second kappa shape index (κ2) is 8.82. The van der Waals surface area contributed by atoms with Gasteiger partial charge in [0, 0.05) is 0 Å². The van der Waals surface area contributed by atoms with Crippen LogP contribution in [-0.4, -0.2) is 23.5 Å². The predicted octanol–water partition coefficient (Wildman–Crippen LogP) is 3.82. The van der Waals surface area contributed by atoms with Crippen LogP contribution in [0.5, 0.6) is 0 Å². The number of aromatic carboxylic acids is 1. The molecule has 1 unspecified atom stereocenters. The molecular formula is C21H22N2O3. The maximum atomic E-state index is 12.5. The third kappa shape index (κ3) is 4.93. The topological polar surface area (TPSA) is 90.2 Å². The van der Waals surface area contributed by atoms with E-state index < -0.39 is 5.97 Å². The molecule has 0 bridgehead atoms. The number of benzene rings is 2. The third-order valence-electron chi connectivity index (χ3n) is 4.12. The van der Waals surface area contributed by atoms with Crippen LogP contribution in [0.2, 0.25) is 0 Å². The van der Waals surface area contributed by atoms with Gasteiger partial charge in [-0.05, 0) is 41.2 Å². The molecule has 2 rings (SSSR count). The summed E-state index contributed by atoms with van der Waals surface area (Å²) in [4.78, 5) is 23.5. The van der Waals surface area contributed by atoms with E-state index >= 15 is 0 Å². The number of nitriles is 1. The van der Waals surface area contributed by atoms with Crippen molar-refractivity contribution in [3.8, 4) is 17.2 Å². The monoisotopic (exact) mass is 350 g/mol. The molecule has 0 fully saturated rings. The molecule has 2 aromatic rings. The Labute approximate surface area is 153 Å². The molecule has 5 nitrogen and oxygen atoms in total. The molecule has 26 heavy (non-hydrogen) atoms. The number of hydrogen-bond donors (Lipinski definition) is 2. The van der Waals surface area contributed by atoms with Gasteiger partial charge in [-0.1, -0.05) is 50.2 Å². The molecule has 1 amide bonds. The summed E-state index contributed by atoms with van der Waals surface area (Å²) >= 11 is 0. The Bertz CT molecular complexity index is 820. The molecule has 0 saturated carbocycles. The minimum Gasteiger partial charge on any atom is -0.478 e. The summed E-state index contributed by atoms with van der Waals surface area (Å²) < 4.78 is 0. The second-order valence-corrected chi connectivity index (χ2v) is 6.57. The van der Waals surface area contributed by atoms with E-state index in [2.05, 4.69) is 19.2 Å². The minimum absolute atomic E-state index is 0.0101. The molecule has 2 N–H and O–H groups in total. The second-order valence-electron chi connectivity index (χ2n) is 6.57.